The van der Waals surface area contributed by atoms with E-state index in [9.17, 15) is 13.2 Å². The van der Waals surface area contributed by atoms with Crippen molar-refractivity contribution < 1.29 is 22.5 Å². The zero-order valence-corrected chi connectivity index (χ0v) is 21.3. The van der Waals surface area contributed by atoms with Crippen molar-refractivity contribution in [1.29, 1.82) is 0 Å². The van der Waals surface area contributed by atoms with Crippen LogP contribution in [0.3, 0.4) is 0 Å². The van der Waals surface area contributed by atoms with Crippen LogP contribution in [0.5, 0.6) is 0 Å². The Balaban J connectivity index is 1.09. The molecule has 1 atom stereocenters. The van der Waals surface area contributed by atoms with Crippen LogP contribution in [0.2, 0.25) is 0 Å². The Bertz CT molecular complexity index is 1350. The molecule has 0 radical (unpaired) electrons. The van der Waals surface area contributed by atoms with Crippen molar-refractivity contribution in [3.05, 3.63) is 71.5 Å². The predicted molar refractivity (Wildman–Crippen MR) is 139 cm³/mol. The highest BCUT2D eigenvalue weighted by atomic mass is 32.2. The van der Waals surface area contributed by atoms with E-state index in [4.69, 9.17) is 9.26 Å². The van der Waals surface area contributed by atoms with Gasteiger partial charge in [0.25, 0.3) is 0 Å². The Morgan fingerprint density at radius 1 is 1.08 bits per heavy atom. The average molecular weight is 524 g/mol. The molecule has 2 aliphatic rings. The molecule has 3 aromatic rings. The number of nitrogens with one attached hydrogen (secondary N) is 1. The van der Waals surface area contributed by atoms with Crippen LogP contribution in [0.4, 0.5) is 10.5 Å². The average Bonchev–Trinajstić information content (AvgIpc) is 3.49. The van der Waals surface area contributed by atoms with Gasteiger partial charge in [0, 0.05) is 36.2 Å². The van der Waals surface area contributed by atoms with E-state index in [0.717, 1.165) is 29.9 Å². The van der Waals surface area contributed by atoms with Crippen LogP contribution in [0.1, 0.15) is 24.3 Å². The number of piperidine rings is 1. The van der Waals surface area contributed by atoms with Crippen molar-refractivity contribution in [2.45, 2.75) is 31.9 Å². The van der Waals surface area contributed by atoms with Crippen molar-refractivity contribution in [2.24, 2.45) is 0 Å². The Labute approximate surface area is 216 Å². The molecule has 2 aromatic carbocycles. The minimum atomic E-state index is -3.52. The topological polar surface area (TPSA) is 118 Å². The Kier molecular flexibility index (Phi) is 7.36. The summed E-state index contributed by atoms with van der Waals surface area (Å²) in [5.41, 5.74) is 2.38. The standard InChI is InChI=1S/C26H29N5O5S/c1-19-27-25(28-36-19)21-7-9-23(10-8-21)31-18-24(35-26(31)32)17-30-14-11-22(12-15-30)29-37(33,34)16-13-20-5-3-2-4-6-20/h2-10,13,16,22,24,29H,11-12,14-15,17-18H2,1H3. The molecule has 194 valence electrons. The van der Waals surface area contributed by atoms with E-state index in [2.05, 4.69) is 19.8 Å². The van der Waals surface area contributed by atoms with E-state index in [1.807, 2.05) is 54.6 Å². The van der Waals surface area contributed by atoms with E-state index in [0.29, 0.717) is 37.6 Å². The first-order chi connectivity index (χ1) is 17.8. The largest absolute Gasteiger partial charge is 0.443 e. The van der Waals surface area contributed by atoms with Crippen LogP contribution in [0.15, 0.2) is 64.5 Å². The monoisotopic (exact) mass is 523 g/mol. The summed E-state index contributed by atoms with van der Waals surface area (Å²) < 4.78 is 38.3. The lowest BCUT2D eigenvalue weighted by Crippen LogP contribution is -2.46. The predicted octanol–water partition coefficient (Wildman–Crippen LogP) is 3.42. The third-order valence-corrected chi connectivity index (χ3v) is 7.61. The summed E-state index contributed by atoms with van der Waals surface area (Å²) in [5.74, 6) is 0.996. The third kappa shape index (κ3) is 6.43. The first-order valence-electron chi connectivity index (χ1n) is 12.2. The van der Waals surface area contributed by atoms with Gasteiger partial charge in [0.05, 0.1) is 6.54 Å². The van der Waals surface area contributed by atoms with Gasteiger partial charge < -0.3 is 9.26 Å². The van der Waals surface area contributed by atoms with Gasteiger partial charge in [0.1, 0.15) is 6.10 Å². The molecule has 0 bridgehead atoms. The van der Waals surface area contributed by atoms with E-state index in [-0.39, 0.29) is 18.2 Å². The molecule has 10 nitrogen and oxygen atoms in total. The zero-order valence-electron chi connectivity index (χ0n) is 20.5. The SMILES string of the molecule is Cc1nc(-c2ccc(N3CC(CN4CCC(NS(=O)(=O)C=Cc5ccccc5)CC4)OC3=O)cc2)no1. The lowest BCUT2D eigenvalue weighted by molar-refractivity contribution is 0.0969. The maximum Gasteiger partial charge on any atom is 0.414 e. The molecular formula is C26H29N5O5S. The van der Waals surface area contributed by atoms with Crippen LogP contribution in [0.25, 0.3) is 17.5 Å². The summed E-state index contributed by atoms with van der Waals surface area (Å²) in [5, 5.41) is 5.13. The van der Waals surface area contributed by atoms with Gasteiger partial charge in [-0.05, 0) is 61.8 Å². The van der Waals surface area contributed by atoms with Crippen LogP contribution in [-0.4, -0.2) is 67.9 Å². The summed E-state index contributed by atoms with van der Waals surface area (Å²) in [4.78, 5) is 20.6. The highest BCUT2D eigenvalue weighted by Crippen LogP contribution is 2.26. The molecule has 0 spiro atoms. The normalized spacial score (nSPS) is 19.5. The molecule has 3 heterocycles. The fraction of sp³-hybridized carbons (Fsp3) is 0.346. The number of aromatic nitrogens is 2. The van der Waals surface area contributed by atoms with E-state index in [1.165, 1.54) is 5.41 Å². The number of rotatable bonds is 8. The highest BCUT2D eigenvalue weighted by molar-refractivity contribution is 7.92. The Hall–Kier alpha value is -3.54. The molecule has 0 aliphatic carbocycles. The molecular weight excluding hydrogens is 494 g/mol. The number of hydrogen-bond acceptors (Lipinski definition) is 8. The van der Waals surface area contributed by atoms with Crippen molar-refractivity contribution in [1.82, 2.24) is 19.8 Å². The first kappa shape index (κ1) is 25.1. The number of sulfonamides is 1. The number of carbonyl (C=O) groups is 1. The molecule has 2 fully saturated rings. The lowest BCUT2D eigenvalue weighted by atomic mass is 10.1. The van der Waals surface area contributed by atoms with E-state index < -0.39 is 10.0 Å². The summed E-state index contributed by atoms with van der Waals surface area (Å²) in [7, 11) is -3.52. The second-order valence-corrected chi connectivity index (χ2v) is 10.8. The smallest absolute Gasteiger partial charge is 0.414 e. The summed E-state index contributed by atoms with van der Waals surface area (Å²) in [6.07, 6.45) is 2.35. The molecule has 1 unspecified atom stereocenters. The van der Waals surface area contributed by atoms with Crippen LogP contribution >= 0.6 is 0 Å². The van der Waals surface area contributed by atoms with Gasteiger partial charge in [-0.2, -0.15) is 4.98 Å². The number of anilines is 1. The van der Waals surface area contributed by atoms with Crippen LogP contribution in [0, 0.1) is 6.92 Å². The summed E-state index contributed by atoms with van der Waals surface area (Å²) in [6, 6.07) is 16.6. The molecule has 2 saturated heterocycles. The minimum Gasteiger partial charge on any atom is -0.443 e. The van der Waals surface area contributed by atoms with Gasteiger partial charge in [-0.25, -0.2) is 17.9 Å². The molecule has 11 heteroatoms. The second-order valence-electron chi connectivity index (χ2n) is 9.25. The van der Waals surface area contributed by atoms with Crippen molar-refractivity contribution in [3.63, 3.8) is 0 Å². The second kappa shape index (κ2) is 10.8. The van der Waals surface area contributed by atoms with E-state index >= 15 is 0 Å². The highest BCUT2D eigenvalue weighted by Gasteiger charge is 2.34. The number of amides is 1. The number of nitrogens with zero attached hydrogens (tertiary/aromatic N) is 4. The van der Waals surface area contributed by atoms with E-state index in [1.54, 1.807) is 17.9 Å². The third-order valence-electron chi connectivity index (χ3n) is 6.46. The molecule has 1 N–H and O–H groups in total. The number of aryl methyl sites for hydroxylation is 1. The zero-order chi connectivity index (χ0) is 25.8. The maximum absolute atomic E-state index is 12.5. The number of hydrogen-bond donors (Lipinski definition) is 1. The van der Waals surface area contributed by atoms with Gasteiger partial charge in [-0.1, -0.05) is 35.5 Å². The molecule has 2 aliphatic heterocycles. The number of benzene rings is 2. The van der Waals surface area contributed by atoms with Crippen LogP contribution in [-0.2, 0) is 14.8 Å². The number of likely N-dealkylation sites (tertiary alicyclic amines) is 1. The maximum atomic E-state index is 12.5. The van der Waals surface area contributed by atoms with Crippen molar-refractivity contribution in [2.75, 3.05) is 31.1 Å². The van der Waals surface area contributed by atoms with Gasteiger partial charge >= 0.3 is 6.09 Å². The first-order valence-corrected chi connectivity index (χ1v) is 13.8. The molecule has 5 rings (SSSR count). The van der Waals surface area contributed by atoms with Crippen molar-refractivity contribution >= 4 is 27.9 Å². The fourth-order valence-corrected chi connectivity index (χ4v) is 5.67. The molecule has 1 amide bonds. The number of cyclic esters (lactones) is 1. The molecule has 1 aromatic heterocycles. The molecule has 0 saturated carbocycles. The lowest BCUT2D eigenvalue weighted by Gasteiger charge is -2.32. The minimum absolute atomic E-state index is 0.120. The van der Waals surface area contributed by atoms with Gasteiger partial charge in [0.15, 0.2) is 0 Å². The number of carbonyl (C=O) groups excluding carboxylic acids is 1. The van der Waals surface area contributed by atoms with Gasteiger partial charge in [0.2, 0.25) is 21.7 Å². The quantitative estimate of drug-likeness (QED) is 0.477. The fourth-order valence-electron chi connectivity index (χ4n) is 4.56. The molecule has 37 heavy (non-hydrogen) atoms. The Morgan fingerprint density at radius 2 is 1.81 bits per heavy atom. The van der Waals surface area contributed by atoms with Crippen molar-refractivity contribution in [3.8, 4) is 11.4 Å². The van der Waals surface area contributed by atoms with Gasteiger partial charge in [-0.3, -0.25) is 9.80 Å². The number of ether oxygens (including phenoxy) is 1. The Morgan fingerprint density at radius 3 is 2.49 bits per heavy atom. The summed E-state index contributed by atoms with van der Waals surface area (Å²) in [6.45, 7) is 4.24. The van der Waals surface area contributed by atoms with Gasteiger partial charge in [-0.15, -0.1) is 0 Å². The van der Waals surface area contributed by atoms with Crippen LogP contribution < -0.4 is 9.62 Å². The summed E-state index contributed by atoms with van der Waals surface area (Å²) >= 11 is 0.